The second-order valence-electron chi connectivity index (χ2n) is 28.6. The van der Waals surface area contributed by atoms with Crippen LogP contribution in [0.5, 0.6) is 0 Å². The minimum atomic E-state index is -4.97. The third-order valence-electron chi connectivity index (χ3n) is 18.0. The van der Waals surface area contributed by atoms with E-state index in [4.69, 9.17) is 37.0 Å². The topological polar surface area (TPSA) is 237 Å². The van der Waals surface area contributed by atoms with Gasteiger partial charge in [-0.25, -0.2) is 9.13 Å². The van der Waals surface area contributed by atoms with Crippen LogP contribution in [0.15, 0.2) is 48.6 Å². The second-order valence-corrected chi connectivity index (χ2v) is 31.5. The number of carbonyl (C=O) groups is 4. The van der Waals surface area contributed by atoms with Crippen LogP contribution in [0.2, 0.25) is 0 Å². The van der Waals surface area contributed by atoms with Gasteiger partial charge < -0.3 is 33.8 Å². The van der Waals surface area contributed by atoms with E-state index in [-0.39, 0.29) is 25.7 Å². The lowest BCUT2D eigenvalue weighted by Crippen LogP contribution is -2.30. The van der Waals surface area contributed by atoms with Crippen LogP contribution in [-0.4, -0.2) is 96.7 Å². The number of hydrogen-bond donors (Lipinski definition) is 3. The number of hydrogen-bond acceptors (Lipinski definition) is 15. The zero-order valence-electron chi connectivity index (χ0n) is 65.0. The summed E-state index contributed by atoms with van der Waals surface area (Å²) in [6.07, 6.45) is 71.2. The Kier molecular flexibility index (Phi) is 71.7. The van der Waals surface area contributed by atoms with E-state index in [9.17, 15) is 43.2 Å². The van der Waals surface area contributed by atoms with Gasteiger partial charge in [-0.15, -0.1) is 0 Å². The summed E-state index contributed by atoms with van der Waals surface area (Å²) < 4.78 is 68.6. The van der Waals surface area contributed by atoms with Gasteiger partial charge in [0.25, 0.3) is 0 Å². The van der Waals surface area contributed by atoms with Crippen molar-refractivity contribution in [1.29, 1.82) is 0 Å². The highest BCUT2D eigenvalue weighted by Crippen LogP contribution is 2.45. The predicted molar refractivity (Wildman–Crippen MR) is 413 cm³/mol. The quantitative estimate of drug-likeness (QED) is 0.0169. The smallest absolute Gasteiger partial charge is 0.462 e. The monoisotopic (exact) mass is 1470 g/mol. The molecule has 0 heterocycles. The van der Waals surface area contributed by atoms with Gasteiger partial charge in [0.2, 0.25) is 0 Å². The summed E-state index contributed by atoms with van der Waals surface area (Å²) in [5.41, 5.74) is 0. The largest absolute Gasteiger partial charge is 0.472 e. The summed E-state index contributed by atoms with van der Waals surface area (Å²) in [6.45, 7) is 7.13. The molecule has 17 nitrogen and oxygen atoms in total. The standard InChI is InChI=1S/C82H152O17P2/c1-6-9-12-15-18-21-24-27-30-31-32-33-34-35-38-41-44-47-52-58-63-68-81(86)98-77(71-92-79(84)65-60-55-50-45-42-39-36-28-25-22-19-16-13-10-7-2)73-96-100(88,89)94-69-76(83)70-95-101(90,91)97-74-78(72-93-80(85)66-61-56-53-48-49-54-59-64-75(4)5)99-82(87)67-62-57-51-46-43-40-37-29-26-23-20-17-14-11-8-3/h22-23,25-26,28-29,36-37,75-78,83H,6-21,24,27,30-35,38-74H2,1-5H3,(H,88,89)(H,90,91)/b25-22-,26-23-,36-28-,37-29-/t76-,77-,78-/m1/s1. The Bertz CT molecular complexity index is 2120. The highest BCUT2D eigenvalue weighted by molar-refractivity contribution is 7.47. The van der Waals surface area contributed by atoms with E-state index in [1.54, 1.807) is 0 Å². The van der Waals surface area contributed by atoms with Gasteiger partial charge in [0.05, 0.1) is 26.4 Å². The van der Waals surface area contributed by atoms with Crippen LogP contribution in [0.1, 0.15) is 388 Å². The molecule has 3 N–H and O–H groups in total. The molecule has 0 aliphatic carbocycles. The van der Waals surface area contributed by atoms with Crippen molar-refractivity contribution in [1.82, 2.24) is 0 Å². The highest BCUT2D eigenvalue weighted by atomic mass is 31.2. The molecule has 0 aliphatic rings. The first-order valence-corrected chi connectivity index (χ1v) is 44.3. The van der Waals surface area contributed by atoms with Crippen LogP contribution in [0.3, 0.4) is 0 Å². The number of carbonyl (C=O) groups excluding carboxylic acids is 4. The number of phosphoric acid groups is 2. The molecule has 0 radical (unpaired) electrons. The number of aliphatic hydroxyl groups is 1. The fourth-order valence-electron chi connectivity index (χ4n) is 11.7. The van der Waals surface area contributed by atoms with Gasteiger partial charge in [0.15, 0.2) is 12.2 Å². The summed E-state index contributed by atoms with van der Waals surface area (Å²) in [6, 6.07) is 0. The lowest BCUT2D eigenvalue weighted by Gasteiger charge is -2.21. The number of unbranched alkanes of at least 4 members (excludes halogenated alkanes) is 44. The molecule has 0 aromatic carbocycles. The Morgan fingerprint density at radius 3 is 0.812 bits per heavy atom. The summed E-state index contributed by atoms with van der Waals surface area (Å²) in [5.74, 6) is -1.47. The average Bonchev–Trinajstić information content (AvgIpc) is 0.965. The van der Waals surface area contributed by atoms with Crippen molar-refractivity contribution in [2.45, 2.75) is 406 Å². The highest BCUT2D eigenvalue weighted by Gasteiger charge is 2.30. The van der Waals surface area contributed by atoms with E-state index in [1.807, 2.05) is 0 Å². The minimum absolute atomic E-state index is 0.0822. The SMILES string of the molecule is CCCCCC/C=C\C=C/CCCCCCCC(=O)OC[C@H](COP(=O)(O)OC[C@@H](O)COP(=O)(O)OC[C@@H](COC(=O)CCCCCCCCCC(C)C)OC(=O)CCCCCCC/C=C\C=C/CCCCCC)OC(=O)CCCCCCCCCCCCCCCCCCCCCCC. The van der Waals surface area contributed by atoms with Crippen molar-refractivity contribution in [3.05, 3.63) is 48.6 Å². The van der Waals surface area contributed by atoms with Crippen LogP contribution < -0.4 is 0 Å². The lowest BCUT2D eigenvalue weighted by molar-refractivity contribution is -0.161. The van der Waals surface area contributed by atoms with Gasteiger partial charge >= 0.3 is 39.5 Å². The average molecular weight is 1470 g/mol. The van der Waals surface area contributed by atoms with E-state index in [1.165, 1.54) is 173 Å². The van der Waals surface area contributed by atoms with Crippen molar-refractivity contribution < 1.29 is 80.2 Å². The van der Waals surface area contributed by atoms with Crippen LogP contribution >= 0.6 is 15.6 Å². The molecule has 0 fully saturated rings. The van der Waals surface area contributed by atoms with Crippen molar-refractivity contribution in [2.75, 3.05) is 39.6 Å². The van der Waals surface area contributed by atoms with Gasteiger partial charge in [-0.3, -0.25) is 37.3 Å². The first-order chi connectivity index (χ1) is 49.0. The van der Waals surface area contributed by atoms with Crippen LogP contribution in [0.4, 0.5) is 0 Å². The van der Waals surface area contributed by atoms with Crippen molar-refractivity contribution in [3.8, 4) is 0 Å². The maximum absolute atomic E-state index is 13.1. The molecule has 0 aromatic heterocycles. The van der Waals surface area contributed by atoms with Crippen LogP contribution in [-0.2, 0) is 65.4 Å². The van der Waals surface area contributed by atoms with Crippen molar-refractivity contribution >= 4 is 39.5 Å². The van der Waals surface area contributed by atoms with Crippen LogP contribution in [0, 0.1) is 5.92 Å². The third kappa shape index (κ3) is 75.1. The zero-order chi connectivity index (χ0) is 74.1. The Hall–Kier alpha value is -2.98. The molecule has 19 heteroatoms. The fourth-order valence-corrected chi connectivity index (χ4v) is 13.3. The predicted octanol–water partition coefficient (Wildman–Crippen LogP) is 23.9. The molecule has 592 valence electrons. The Balaban J connectivity index is 5.28. The van der Waals surface area contributed by atoms with Crippen molar-refractivity contribution in [2.24, 2.45) is 5.92 Å². The van der Waals surface area contributed by atoms with E-state index >= 15 is 0 Å². The minimum Gasteiger partial charge on any atom is -0.462 e. The van der Waals surface area contributed by atoms with Gasteiger partial charge in [-0.1, -0.05) is 334 Å². The summed E-state index contributed by atoms with van der Waals surface area (Å²) in [5, 5.41) is 10.6. The zero-order valence-corrected chi connectivity index (χ0v) is 66.8. The van der Waals surface area contributed by atoms with Gasteiger partial charge in [-0.05, 0) is 83.0 Å². The number of allylic oxidation sites excluding steroid dienone is 8. The van der Waals surface area contributed by atoms with Gasteiger partial charge in [-0.2, -0.15) is 0 Å². The Morgan fingerprint density at radius 2 is 0.535 bits per heavy atom. The normalized spacial score (nSPS) is 14.1. The molecule has 0 amide bonds. The molecule has 2 unspecified atom stereocenters. The van der Waals surface area contributed by atoms with E-state index in [0.717, 1.165) is 128 Å². The number of phosphoric ester groups is 2. The maximum Gasteiger partial charge on any atom is 0.472 e. The second kappa shape index (κ2) is 73.9. The number of ether oxygens (including phenoxy) is 4. The summed E-state index contributed by atoms with van der Waals surface area (Å²) >= 11 is 0. The molecular weight excluding hydrogens is 1320 g/mol. The molecule has 0 rings (SSSR count). The third-order valence-corrected chi connectivity index (χ3v) is 19.9. The van der Waals surface area contributed by atoms with E-state index in [0.29, 0.717) is 31.6 Å². The van der Waals surface area contributed by atoms with Crippen LogP contribution in [0.25, 0.3) is 0 Å². The molecule has 101 heavy (non-hydrogen) atoms. The van der Waals surface area contributed by atoms with E-state index < -0.39 is 97.5 Å². The lowest BCUT2D eigenvalue weighted by atomic mass is 10.0. The Labute approximate surface area is 617 Å². The maximum atomic E-state index is 13.1. The molecule has 0 saturated carbocycles. The fraction of sp³-hybridized carbons (Fsp3) is 0.854. The molecule has 0 aromatic rings. The summed E-state index contributed by atoms with van der Waals surface area (Å²) in [7, 11) is -9.94. The molecule has 0 aliphatic heterocycles. The van der Waals surface area contributed by atoms with E-state index in [2.05, 4.69) is 83.2 Å². The van der Waals surface area contributed by atoms with Crippen molar-refractivity contribution in [3.63, 3.8) is 0 Å². The Morgan fingerprint density at radius 1 is 0.307 bits per heavy atom. The van der Waals surface area contributed by atoms with Gasteiger partial charge in [0, 0.05) is 25.7 Å². The molecule has 0 saturated heterocycles. The first-order valence-electron chi connectivity index (χ1n) is 41.3. The van der Waals surface area contributed by atoms with Gasteiger partial charge in [0.1, 0.15) is 19.3 Å². The number of rotatable bonds is 78. The summed E-state index contributed by atoms with van der Waals surface area (Å²) in [4.78, 5) is 73.0. The molecule has 0 bridgehead atoms. The number of esters is 4. The molecule has 0 spiro atoms. The first kappa shape index (κ1) is 98.0. The molecule has 5 atom stereocenters. The number of aliphatic hydroxyl groups excluding tert-OH is 1. The molecular formula is C82H152O17P2.